The molecule has 12 heteroatoms. The average molecular weight is 490 g/mol. The Morgan fingerprint density at radius 1 is 0.636 bits per heavy atom. The van der Waals surface area contributed by atoms with Crippen LogP contribution in [0.4, 0.5) is 39.5 Å². The van der Waals surface area contributed by atoms with Gasteiger partial charge in [0, 0.05) is 38.0 Å². The first-order chi connectivity index (χ1) is 15.4. The van der Waals surface area contributed by atoms with Gasteiger partial charge in [-0.25, -0.2) is 17.6 Å². The lowest BCUT2D eigenvalue weighted by Gasteiger charge is -2.20. The third-order valence-corrected chi connectivity index (χ3v) is 4.36. The SMILES string of the molecule is COCCCCCCOc1cc(F)c(C(F)(F)Oc2cc(F)c(C(F)(F)F)c(F)c2)c(F)c1. The number of alkyl halides is 5. The number of halogens is 9. The second kappa shape index (κ2) is 11.0. The highest BCUT2D eigenvalue weighted by Crippen LogP contribution is 2.39. The van der Waals surface area contributed by atoms with Crippen LogP contribution in [0.5, 0.6) is 11.5 Å². The highest BCUT2D eigenvalue weighted by atomic mass is 19.4. The summed E-state index contributed by atoms with van der Waals surface area (Å²) in [4.78, 5) is 0. The van der Waals surface area contributed by atoms with E-state index in [-0.39, 0.29) is 24.5 Å². The number of ether oxygens (including phenoxy) is 3. The lowest BCUT2D eigenvalue weighted by molar-refractivity contribution is -0.189. The summed E-state index contributed by atoms with van der Waals surface area (Å²) in [6.45, 7) is 0.642. The van der Waals surface area contributed by atoms with Crippen molar-refractivity contribution in [2.75, 3.05) is 20.3 Å². The molecule has 0 aliphatic heterocycles. The molecule has 2 aromatic carbocycles. The van der Waals surface area contributed by atoms with Gasteiger partial charge in [-0.3, -0.25) is 0 Å². The first-order valence-electron chi connectivity index (χ1n) is 9.61. The van der Waals surface area contributed by atoms with Crippen molar-refractivity contribution in [3.05, 3.63) is 58.7 Å². The number of hydrogen-bond acceptors (Lipinski definition) is 3. The molecular formula is C21H19F9O3. The van der Waals surface area contributed by atoms with Gasteiger partial charge in [-0.05, 0) is 19.3 Å². The van der Waals surface area contributed by atoms with Crippen molar-refractivity contribution in [3.8, 4) is 11.5 Å². The van der Waals surface area contributed by atoms with E-state index >= 15 is 0 Å². The van der Waals surface area contributed by atoms with E-state index in [0.717, 1.165) is 19.3 Å². The number of benzene rings is 2. The molecule has 0 N–H and O–H groups in total. The predicted octanol–water partition coefficient (Wildman–Crippen LogP) is 6.98. The van der Waals surface area contributed by atoms with E-state index in [0.29, 0.717) is 25.2 Å². The number of methoxy groups -OCH3 is 1. The van der Waals surface area contributed by atoms with Crippen LogP contribution in [0.1, 0.15) is 36.8 Å². The van der Waals surface area contributed by atoms with Crippen LogP contribution in [0.25, 0.3) is 0 Å². The van der Waals surface area contributed by atoms with E-state index < -0.39 is 52.4 Å². The molecule has 0 fully saturated rings. The van der Waals surface area contributed by atoms with Gasteiger partial charge in [-0.15, -0.1) is 0 Å². The predicted molar refractivity (Wildman–Crippen MR) is 98.1 cm³/mol. The largest absolute Gasteiger partial charge is 0.493 e. The summed E-state index contributed by atoms with van der Waals surface area (Å²) in [6, 6.07) is 0.600. The van der Waals surface area contributed by atoms with Gasteiger partial charge in [0.1, 0.15) is 45.9 Å². The smallest absolute Gasteiger partial charge is 0.432 e. The van der Waals surface area contributed by atoms with Crippen LogP contribution in [0.15, 0.2) is 24.3 Å². The Bertz CT molecular complexity index is 899. The Morgan fingerprint density at radius 3 is 1.58 bits per heavy atom. The molecule has 0 amide bonds. The molecule has 2 rings (SSSR count). The zero-order valence-electron chi connectivity index (χ0n) is 17.2. The standard InChI is InChI=1S/C21H19F9O3/c1-31-6-4-2-3-5-7-32-12-8-16(24)19(17(25)9-12)21(29,30)33-13-10-14(22)18(15(23)11-13)20(26,27)28/h8-11H,2-7H2,1H3. The van der Waals surface area contributed by atoms with Crippen molar-refractivity contribution < 1.29 is 53.7 Å². The van der Waals surface area contributed by atoms with Crippen LogP contribution < -0.4 is 9.47 Å². The van der Waals surface area contributed by atoms with Gasteiger partial charge in [0.2, 0.25) is 0 Å². The zero-order valence-corrected chi connectivity index (χ0v) is 17.2. The van der Waals surface area contributed by atoms with Crippen molar-refractivity contribution in [2.24, 2.45) is 0 Å². The zero-order chi connectivity index (χ0) is 24.8. The monoisotopic (exact) mass is 490 g/mol. The molecule has 3 nitrogen and oxygen atoms in total. The van der Waals surface area contributed by atoms with E-state index in [4.69, 9.17) is 9.47 Å². The minimum Gasteiger partial charge on any atom is -0.493 e. The topological polar surface area (TPSA) is 27.7 Å². The highest BCUT2D eigenvalue weighted by molar-refractivity contribution is 5.35. The molecule has 0 spiro atoms. The summed E-state index contributed by atoms with van der Waals surface area (Å²) in [5.41, 5.74) is -4.23. The molecule has 2 aromatic rings. The Hall–Kier alpha value is -2.63. The maximum Gasteiger partial charge on any atom is 0.432 e. The van der Waals surface area contributed by atoms with Crippen molar-refractivity contribution in [2.45, 2.75) is 38.0 Å². The third kappa shape index (κ3) is 7.18. The minimum absolute atomic E-state index is 0.0577. The van der Waals surface area contributed by atoms with Gasteiger partial charge in [-0.2, -0.15) is 22.0 Å². The molecule has 0 saturated carbocycles. The van der Waals surface area contributed by atoms with Gasteiger partial charge >= 0.3 is 12.3 Å². The highest BCUT2D eigenvalue weighted by Gasteiger charge is 2.43. The molecular weight excluding hydrogens is 471 g/mol. The normalized spacial score (nSPS) is 12.2. The third-order valence-electron chi connectivity index (χ3n) is 4.36. The fourth-order valence-corrected chi connectivity index (χ4v) is 2.88. The molecule has 0 aliphatic rings. The maximum atomic E-state index is 14.3. The first-order valence-corrected chi connectivity index (χ1v) is 9.61. The van der Waals surface area contributed by atoms with Crippen LogP contribution >= 0.6 is 0 Å². The Kier molecular flexibility index (Phi) is 8.87. The maximum absolute atomic E-state index is 14.3. The summed E-state index contributed by atoms with van der Waals surface area (Å²) >= 11 is 0. The van der Waals surface area contributed by atoms with Gasteiger partial charge < -0.3 is 14.2 Å². The molecule has 33 heavy (non-hydrogen) atoms. The van der Waals surface area contributed by atoms with Gasteiger partial charge in [0.05, 0.1) is 6.61 Å². The molecule has 0 bridgehead atoms. The lowest BCUT2D eigenvalue weighted by Crippen LogP contribution is -2.25. The lowest BCUT2D eigenvalue weighted by atomic mass is 10.1. The second-order valence-electron chi connectivity index (χ2n) is 6.90. The fraction of sp³-hybridized carbons (Fsp3) is 0.429. The van der Waals surface area contributed by atoms with E-state index in [1.165, 1.54) is 0 Å². The van der Waals surface area contributed by atoms with E-state index in [2.05, 4.69) is 4.74 Å². The molecule has 184 valence electrons. The number of unbranched alkanes of at least 4 members (excludes halogenated alkanes) is 3. The molecule has 0 aromatic heterocycles. The minimum atomic E-state index is -5.44. The Balaban J connectivity index is 2.13. The summed E-state index contributed by atoms with van der Waals surface area (Å²) in [6.07, 6.45) is -7.35. The van der Waals surface area contributed by atoms with Gasteiger partial charge in [-0.1, -0.05) is 6.42 Å². The molecule has 0 atom stereocenters. The van der Waals surface area contributed by atoms with E-state index in [9.17, 15) is 39.5 Å². The fourth-order valence-electron chi connectivity index (χ4n) is 2.88. The molecule has 0 unspecified atom stereocenters. The summed E-state index contributed by atoms with van der Waals surface area (Å²) in [5.74, 6) is -9.84. The molecule has 0 heterocycles. The summed E-state index contributed by atoms with van der Waals surface area (Å²) in [5, 5.41) is 0. The van der Waals surface area contributed by atoms with Crippen molar-refractivity contribution >= 4 is 0 Å². The van der Waals surface area contributed by atoms with Crippen molar-refractivity contribution in [3.63, 3.8) is 0 Å². The van der Waals surface area contributed by atoms with E-state index in [1.54, 1.807) is 7.11 Å². The quantitative estimate of drug-likeness (QED) is 0.251. The van der Waals surface area contributed by atoms with Crippen LogP contribution in [-0.2, 0) is 17.0 Å². The summed E-state index contributed by atoms with van der Waals surface area (Å²) in [7, 11) is 1.56. The summed E-state index contributed by atoms with van der Waals surface area (Å²) < 4.78 is 136. The molecule has 0 radical (unpaired) electrons. The van der Waals surface area contributed by atoms with Crippen LogP contribution in [0, 0.1) is 23.3 Å². The van der Waals surface area contributed by atoms with E-state index in [1.807, 2.05) is 0 Å². The van der Waals surface area contributed by atoms with Crippen LogP contribution in [0.3, 0.4) is 0 Å². The van der Waals surface area contributed by atoms with Gasteiger partial charge in [0.25, 0.3) is 0 Å². The number of hydrogen-bond donors (Lipinski definition) is 0. The van der Waals surface area contributed by atoms with Crippen molar-refractivity contribution in [1.82, 2.24) is 0 Å². The average Bonchev–Trinajstić information content (AvgIpc) is 2.64. The molecule has 0 aliphatic carbocycles. The molecule has 0 saturated heterocycles. The first kappa shape index (κ1) is 26.6. The van der Waals surface area contributed by atoms with Gasteiger partial charge in [0.15, 0.2) is 0 Å². The Labute approximate surface area is 183 Å². The van der Waals surface area contributed by atoms with Crippen LogP contribution in [-0.4, -0.2) is 20.3 Å². The number of rotatable bonds is 11. The Morgan fingerprint density at radius 2 is 1.09 bits per heavy atom. The van der Waals surface area contributed by atoms with Crippen LogP contribution in [0.2, 0.25) is 0 Å². The second-order valence-corrected chi connectivity index (χ2v) is 6.90. The van der Waals surface area contributed by atoms with Crippen molar-refractivity contribution in [1.29, 1.82) is 0 Å².